The zero-order chi connectivity index (χ0) is 19.2. The highest BCUT2D eigenvalue weighted by atomic mass is 19.1. The summed E-state index contributed by atoms with van der Waals surface area (Å²) in [6, 6.07) is 12.5. The number of halogens is 1. The highest BCUT2D eigenvalue weighted by Gasteiger charge is 2.21. The topological polar surface area (TPSA) is 79.1 Å². The predicted molar refractivity (Wildman–Crippen MR) is 99.7 cm³/mol. The third-order valence-corrected chi connectivity index (χ3v) is 4.52. The fraction of sp³-hybridized carbons (Fsp3) is 0.368. The van der Waals surface area contributed by atoms with Crippen molar-refractivity contribution in [2.45, 2.75) is 6.10 Å². The number of ether oxygens (including phenoxy) is 1. The van der Waals surface area contributed by atoms with E-state index in [2.05, 4.69) is 4.90 Å². The van der Waals surface area contributed by atoms with Gasteiger partial charge in [0.15, 0.2) is 0 Å². The van der Waals surface area contributed by atoms with Gasteiger partial charge in [-0.2, -0.15) is 0 Å². The van der Waals surface area contributed by atoms with Gasteiger partial charge in [0, 0.05) is 44.9 Å². The minimum absolute atomic E-state index is 0.00405. The molecule has 1 atom stereocenters. The lowest BCUT2D eigenvalue weighted by atomic mass is 10.2. The first kappa shape index (κ1) is 19.1. The van der Waals surface area contributed by atoms with Crippen LogP contribution in [-0.4, -0.2) is 60.4 Å². The molecule has 1 aliphatic heterocycles. The molecule has 0 unspecified atom stereocenters. The molecule has 1 N–H and O–H groups in total. The molecule has 8 heteroatoms. The SMILES string of the molecule is O=[N+]([O-])c1ccc(OC[C@@H](O)CN2CCN(c3ccccc3F)CC2)cc1. The summed E-state index contributed by atoms with van der Waals surface area (Å²) in [6.45, 7) is 3.39. The summed E-state index contributed by atoms with van der Waals surface area (Å²) in [7, 11) is 0. The average molecular weight is 375 g/mol. The van der Waals surface area contributed by atoms with E-state index in [1.54, 1.807) is 12.1 Å². The minimum Gasteiger partial charge on any atom is -0.491 e. The molecule has 0 spiro atoms. The molecule has 0 aliphatic carbocycles. The first-order chi connectivity index (χ1) is 13.0. The molecule has 1 fully saturated rings. The number of rotatable bonds is 7. The Morgan fingerprint density at radius 2 is 1.78 bits per heavy atom. The number of anilines is 1. The zero-order valence-electron chi connectivity index (χ0n) is 14.8. The van der Waals surface area contributed by atoms with Crippen LogP contribution in [0.5, 0.6) is 5.75 Å². The Bertz CT molecular complexity index is 764. The van der Waals surface area contributed by atoms with Crippen LogP contribution in [0, 0.1) is 15.9 Å². The quantitative estimate of drug-likeness (QED) is 0.591. The molecule has 2 aromatic carbocycles. The summed E-state index contributed by atoms with van der Waals surface area (Å²) in [6.07, 6.45) is -0.680. The number of non-ortho nitro benzene ring substituents is 1. The van der Waals surface area contributed by atoms with Crippen LogP contribution in [0.15, 0.2) is 48.5 Å². The largest absolute Gasteiger partial charge is 0.491 e. The van der Waals surface area contributed by atoms with E-state index in [0.717, 1.165) is 13.1 Å². The summed E-state index contributed by atoms with van der Waals surface area (Å²) in [4.78, 5) is 14.3. The molecule has 0 aromatic heterocycles. The van der Waals surface area contributed by atoms with E-state index in [9.17, 15) is 19.6 Å². The van der Waals surface area contributed by atoms with Crippen molar-refractivity contribution in [1.82, 2.24) is 4.90 Å². The van der Waals surface area contributed by atoms with Crippen molar-refractivity contribution in [1.29, 1.82) is 0 Å². The van der Waals surface area contributed by atoms with Gasteiger partial charge in [0.2, 0.25) is 0 Å². The van der Waals surface area contributed by atoms with Gasteiger partial charge in [-0.1, -0.05) is 12.1 Å². The monoisotopic (exact) mass is 375 g/mol. The number of benzene rings is 2. The Kier molecular flexibility index (Phi) is 6.20. The molecular formula is C19H22FN3O4. The van der Waals surface area contributed by atoms with E-state index >= 15 is 0 Å². The molecule has 0 saturated carbocycles. The Labute approximate surface area is 156 Å². The number of nitrogens with zero attached hydrogens (tertiary/aromatic N) is 3. The smallest absolute Gasteiger partial charge is 0.269 e. The number of nitro groups is 1. The van der Waals surface area contributed by atoms with E-state index in [1.165, 1.54) is 30.3 Å². The van der Waals surface area contributed by atoms with Crippen molar-refractivity contribution >= 4 is 11.4 Å². The predicted octanol–water partition coefficient (Wildman–Crippen LogP) is 2.30. The normalized spacial score (nSPS) is 16.1. The van der Waals surface area contributed by atoms with E-state index in [1.807, 2.05) is 11.0 Å². The number of β-amino-alcohol motifs (C(OH)–C–C–N with tert-alkyl or cyclic N) is 1. The molecule has 2 aromatic rings. The van der Waals surface area contributed by atoms with Gasteiger partial charge in [-0.25, -0.2) is 4.39 Å². The fourth-order valence-corrected chi connectivity index (χ4v) is 3.09. The second-order valence-electron chi connectivity index (χ2n) is 6.45. The Morgan fingerprint density at radius 1 is 1.11 bits per heavy atom. The first-order valence-corrected chi connectivity index (χ1v) is 8.80. The zero-order valence-corrected chi connectivity index (χ0v) is 14.8. The van der Waals surface area contributed by atoms with E-state index in [0.29, 0.717) is 31.1 Å². The van der Waals surface area contributed by atoms with E-state index in [4.69, 9.17) is 4.74 Å². The van der Waals surface area contributed by atoms with Gasteiger partial charge in [0.25, 0.3) is 5.69 Å². The van der Waals surface area contributed by atoms with Crippen LogP contribution in [0.3, 0.4) is 0 Å². The van der Waals surface area contributed by atoms with E-state index < -0.39 is 11.0 Å². The molecule has 0 amide bonds. The lowest BCUT2D eigenvalue weighted by Crippen LogP contribution is -2.49. The number of nitro benzene ring substituents is 1. The van der Waals surface area contributed by atoms with Crippen molar-refractivity contribution in [2.75, 3.05) is 44.2 Å². The highest BCUT2D eigenvalue weighted by Crippen LogP contribution is 2.20. The Hall–Kier alpha value is -2.71. The van der Waals surface area contributed by atoms with Crippen LogP contribution < -0.4 is 9.64 Å². The standard InChI is InChI=1S/C19H22FN3O4/c20-18-3-1-2-4-19(18)22-11-9-21(10-12-22)13-16(24)14-27-17-7-5-15(6-8-17)23(25)26/h1-8,16,24H,9-14H2/t16-/m0/s1. The summed E-state index contributed by atoms with van der Waals surface area (Å²) >= 11 is 0. The average Bonchev–Trinajstić information content (AvgIpc) is 2.68. The van der Waals surface area contributed by atoms with Gasteiger partial charge in [-0.3, -0.25) is 15.0 Å². The minimum atomic E-state index is -0.680. The van der Waals surface area contributed by atoms with Crippen molar-refractivity contribution in [2.24, 2.45) is 0 Å². The van der Waals surface area contributed by atoms with E-state index in [-0.39, 0.29) is 18.1 Å². The van der Waals surface area contributed by atoms with Crippen LogP contribution in [0.2, 0.25) is 0 Å². The van der Waals surface area contributed by atoms with Crippen LogP contribution in [0.1, 0.15) is 0 Å². The molecule has 0 bridgehead atoms. The van der Waals surface area contributed by atoms with Crippen molar-refractivity contribution in [3.63, 3.8) is 0 Å². The summed E-state index contributed by atoms with van der Waals surface area (Å²) in [5.41, 5.74) is 0.606. The van der Waals surface area contributed by atoms with Crippen molar-refractivity contribution in [3.05, 3.63) is 64.5 Å². The van der Waals surface area contributed by atoms with Crippen LogP contribution >= 0.6 is 0 Å². The molecule has 1 aliphatic rings. The molecule has 3 rings (SSSR count). The van der Waals surface area contributed by atoms with Gasteiger partial charge in [-0.05, 0) is 24.3 Å². The lowest BCUT2D eigenvalue weighted by molar-refractivity contribution is -0.384. The Morgan fingerprint density at radius 3 is 2.41 bits per heavy atom. The number of aliphatic hydroxyl groups is 1. The maximum Gasteiger partial charge on any atom is 0.269 e. The van der Waals surface area contributed by atoms with Gasteiger partial charge in [-0.15, -0.1) is 0 Å². The lowest BCUT2D eigenvalue weighted by Gasteiger charge is -2.36. The number of hydrogen-bond acceptors (Lipinski definition) is 6. The molecule has 0 radical (unpaired) electrons. The molecule has 144 valence electrons. The van der Waals surface area contributed by atoms with Crippen LogP contribution in [-0.2, 0) is 0 Å². The third-order valence-electron chi connectivity index (χ3n) is 4.52. The van der Waals surface area contributed by atoms with Gasteiger partial charge in [0.05, 0.1) is 10.6 Å². The summed E-state index contributed by atoms with van der Waals surface area (Å²) < 4.78 is 19.4. The van der Waals surface area contributed by atoms with Gasteiger partial charge >= 0.3 is 0 Å². The molecular weight excluding hydrogens is 353 g/mol. The maximum atomic E-state index is 13.9. The molecule has 7 nitrogen and oxygen atoms in total. The molecule has 27 heavy (non-hydrogen) atoms. The Balaban J connectivity index is 1.42. The summed E-state index contributed by atoms with van der Waals surface area (Å²) in [5, 5.41) is 20.8. The summed E-state index contributed by atoms with van der Waals surface area (Å²) in [5.74, 6) is 0.256. The second-order valence-corrected chi connectivity index (χ2v) is 6.45. The van der Waals surface area contributed by atoms with Crippen LogP contribution in [0.25, 0.3) is 0 Å². The molecule has 1 saturated heterocycles. The van der Waals surface area contributed by atoms with Crippen molar-refractivity contribution < 1.29 is 19.2 Å². The second kappa shape index (κ2) is 8.79. The number of piperazine rings is 1. The van der Waals surface area contributed by atoms with Gasteiger partial charge in [0.1, 0.15) is 24.3 Å². The number of aliphatic hydroxyl groups excluding tert-OH is 1. The number of hydrogen-bond donors (Lipinski definition) is 1. The van der Waals surface area contributed by atoms with Crippen molar-refractivity contribution in [3.8, 4) is 5.75 Å². The third kappa shape index (κ3) is 5.15. The van der Waals surface area contributed by atoms with Crippen LogP contribution in [0.4, 0.5) is 15.8 Å². The number of para-hydroxylation sites is 1. The molecule has 1 heterocycles. The maximum absolute atomic E-state index is 13.9. The fourth-order valence-electron chi connectivity index (χ4n) is 3.09. The van der Waals surface area contributed by atoms with Gasteiger partial charge < -0.3 is 14.7 Å². The first-order valence-electron chi connectivity index (χ1n) is 8.80. The highest BCUT2D eigenvalue weighted by molar-refractivity contribution is 5.48.